The highest BCUT2D eigenvalue weighted by Gasteiger charge is 2.10. The van der Waals surface area contributed by atoms with Crippen molar-refractivity contribution in [2.45, 2.75) is 0 Å². The van der Waals surface area contributed by atoms with Crippen LogP contribution in [0.3, 0.4) is 0 Å². The molecule has 0 aliphatic rings. The Hall–Kier alpha value is -1.62. The summed E-state index contributed by atoms with van der Waals surface area (Å²) < 4.78 is 0. The number of carbonyl (C=O) groups excluding carboxylic acids is 1. The number of urea groups is 1. The van der Waals surface area contributed by atoms with E-state index in [1.165, 1.54) is 4.90 Å². The average molecular weight is 180 g/mol. The highest BCUT2D eigenvalue weighted by molar-refractivity contribution is 5.89. The fourth-order valence-corrected chi connectivity index (χ4v) is 0.980. The molecule has 0 saturated carbocycles. The zero-order valence-corrected chi connectivity index (χ0v) is 7.18. The lowest BCUT2D eigenvalue weighted by Gasteiger charge is -2.17. The van der Waals surface area contributed by atoms with E-state index in [1.54, 1.807) is 24.4 Å². The van der Waals surface area contributed by atoms with Crippen LogP contribution >= 0.6 is 0 Å². The van der Waals surface area contributed by atoms with Crippen LogP contribution in [0.1, 0.15) is 0 Å². The van der Waals surface area contributed by atoms with Gasteiger partial charge in [-0.1, -0.05) is 6.07 Å². The van der Waals surface area contributed by atoms with Crippen LogP contribution in [0.25, 0.3) is 0 Å². The van der Waals surface area contributed by atoms with Gasteiger partial charge >= 0.3 is 6.03 Å². The average Bonchev–Trinajstić information content (AvgIpc) is 2.15. The van der Waals surface area contributed by atoms with Crippen LogP contribution in [-0.4, -0.2) is 24.1 Å². The van der Waals surface area contributed by atoms with Crippen molar-refractivity contribution in [2.75, 3.05) is 18.0 Å². The van der Waals surface area contributed by atoms with E-state index < -0.39 is 6.03 Å². The fourth-order valence-electron chi connectivity index (χ4n) is 0.980. The standard InChI is InChI=1S/C8H12N4O/c9-4-6-12(8(10)13)7-3-1-2-5-11-7/h1-3,5H,4,6,9H2,(H2,10,13). The lowest BCUT2D eigenvalue weighted by molar-refractivity contribution is 0.254. The molecule has 13 heavy (non-hydrogen) atoms. The van der Waals surface area contributed by atoms with Gasteiger partial charge in [0.15, 0.2) is 0 Å². The molecule has 1 heterocycles. The minimum Gasteiger partial charge on any atom is -0.351 e. The van der Waals surface area contributed by atoms with E-state index in [-0.39, 0.29) is 0 Å². The third-order valence-electron chi connectivity index (χ3n) is 1.54. The number of carbonyl (C=O) groups is 1. The third kappa shape index (κ3) is 2.41. The van der Waals surface area contributed by atoms with Gasteiger partial charge in [0.25, 0.3) is 0 Å². The van der Waals surface area contributed by atoms with Crippen LogP contribution in [0.2, 0.25) is 0 Å². The van der Waals surface area contributed by atoms with Gasteiger partial charge in [0.1, 0.15) is 5.82 Å². The highest BCUT2D eigenvalue weighted by atomic mass is 16.2. The van der Waals surface area contributed by atoms with Crippen molar-refractivity contribution >= 4 is 11.8 Å². The first-order valence-corrected chi connectivity index (χ1v) is 3.93. The van der Waals surface area contributed by atoms with Crippen molar-refractivity contribution in [1.82, 2.24) is 4.98 Å². The molecule has 0 saturated heterocycles. The minimum atomic E-state index is -0.538. The molecule has 4 N–H and O–H groups in total. The van der Waals surface area contributed by atoms with Gasteiger partial charge in [-0.15, -0.1) is 0 Å². The second-order valence-electron chi connectivity index (χ2n) is 2.47. The Bertz CT molecular complexity index is 275. The molecule has 0 unspecified atom stereocenters. The smallest absolute Gasteiger partial charge is 0.320 e. The number of aromatic nitrogens is 1. The number of hydrogen-bond donors (Lipinski definition) is 2. The minimum absolute atomic E-state index is 0.361. The van der Waals surface area contributed by atoms with E-state index >= 15 is 0 Å². The molecule has 0 spiro atoms. The molecule has 70 valence electrons. The second-order valence-corrected chi connectivity index (χ2v) is 2.47. The van der Waals surface area contributed by atoms with E-state index in [2.05, 4.69) is 4.98 Å². The number of rotatable bonds is 3. The zero-order valence-electron chi connectivity index (χ0n) is 7.18. The van der Waals surface area contributed by atoms with Gasteiger partial charge in [-0.25, -0.2) is 9.78 Å². The number of nitrogens with zero attached hydrogens (tertiary/aromatic N) is 2. The summed E-state index contributed by atoms with van der Waals surface area (Å²) in [5.74, 6) is 0.528. The lowest BCUT2D eigenvalue weighted by atomic mass is 10.4. The molecule has 0 aliphatic carbocycles. The summed E-state index contributed by atoms with van der Waals surface area (Å²) in [4.78, 5) is 16.3. The molecule has 1 rings (SSSR count). The summed E-state index contributed by atoms with van der Waals surface area (Å²) in [7, 11) is 0. The van der Waals surface area contributed by atoms with Crippen molar-refractivity contribution in [1.29, 1.82) is 0 Å². The van der Waals surface area contributed by atoms with Gasteiger partial charge in [-0.05, 0) is 12.1 Å². The Morgan fingerprint density at radius 1 is 1.54 bits per heavy atom. The molecule has 0 bridgehead atoms. The maximum absolute atomic E-state index is 10.9. The Morgan fingerprint density at radius 2 is 2.31 bits per heavy atom. The molecule has 0 atom stereocenters. The summed E-state index contributed by atoms with van der Waals surface area (Å²) in [6, 6.07) is 4.73. The molecule has 0 aliphatic heterocycles. The molecule has 5 heteroatoms. The SMILES string of the molecule is NCCN(C(N)=O)c1ccccn1. The molecule has 1 aromatic rings. The van der Waals surface area contributed by atoms with Crippen molar-refractivity contribution in [3.63, 3.8) is 0 Å². The van der Waals surface area contributed by atoms with Crippen LogP contribution in [0.5, 0.6) is 0 Å². The quantitative estimate of drug-likeness (QED) is 0.682. The monoisotopic (exact) mass is 180 g/mol. The molecule has 2 amide bonds. The largest absolute Gasteiger partial charge is 0.351 e. The van der Waals surface area contributed by atoms with Gasteiger partial charge in [0, 0.05) is 19.3 Å². The number of pyridine rings is 1. The van der Waals surface area contributed by atoms with Crippen molar-refractivity contribution in [2.24, 2.45) is 11.5 Å². The Kier molecular flexibility index (Phi) is 3.22. The first kappa shape index (κ1) is 9.47. The Balaban J connectivity index is 2.82. The van der Waals surface area contributed by atoms with Gasteiger partial charge < -0.3 is 11.5 Å². The first-order valence-electron chi connectivity index (χ1n) is 3.93. The molecule has 1 aromatic heterocycles. The second kappa shape index (κ2) is 4.42. The molecule has 0 aromatic carbocycles. The van der Waals surface area contributed by atoms with E-state index in [1.807, 2.05) is 0 Å². The topological polar surface area (TPSA) is 85.2 Å². The van der Waals surface area contributed by atoms with Gasteiger partial charge in [-0.3, -0.25) is 4.90 Å². The first-order chi connectivity index (χ1) is 6.25. The maximum Gasteiger partial charge on any atom is 0.320 e. The van der Waals surface area contributed by atoms with Crippen molar-refractivity contribution in [3.8, 4) is 0 Å². The molecule has 0 radical (unpaired) electrons. The number of amides is 2. The Morgan fingerprint density at radius 3 is 2.77 bits per heavy atom. The lowest BCUT2D eigenvalue weighted by Crippen LogP contribution is -2.39. The molecule has 0 fully saturated rings. The summed E-state index contributed by atoms with van der Waals surface area (Å²) in [5, 5.41) is 0. The van der Waals surface area contributed by atoms with Crippen LogP contribution in [-0.2, 0) is 0 Å². The van der Waals surface area contributed by atoms with Crippen LogP contribution in [0, 0.1) is 0 Å². The summed E-state index contributed by atoms with van der Waals surface area (Å²) in [6.45, 7) is 0.742. The normalized spacial score (nSPS) is 9.62. The fraction of sp³-hybridized carbons (Fsp3) is 0.250. The molecular formula is C8H12N4O. The number of primary amides is 1. The molecular weight excluding hydrogens is 168 g/mol. The number of anilines is 1. The van der Waals surface area contributed by atoms with Crippen molar-refractivity contribution < 1.29 is 4.79 Å². The number of hydrogen-bond acceptors (Lipinski definition) is 3. The van der Waals surface area contributed by atoms with Crippen LogP contribution in [0.4, 0.5) is 10.6 Å². The predicted molar refractivity (Wildman–Crippen MR) is 50.2 cm³/mol. The van der Waals surface area contributed by atoms with E-state index in [0.717, 1.165) is 0 Å². The Labute approximate surface area is 76.3 Å². The van der Waals surface area contributed by atoms with Crippen molar-refractivity contribution in [3.05, 3.63) is 24.4 Å². The van der Waals surface area contributed by atoms with Gasteiger partial charge in [-0.2, -0.15) is 0 Å². The summed E-state index contributed by atoms with van der Waals surface area (Å²) in [6.07, 6.45) is 1.60. The molecule has 5 nitrogen and oxygen atoms in total. The van der Waals surface area contributed by atoms with Crippen LogP contribution < -0.4 is 16.4 Å². The number of nitrogens with two attached hydrogens (primary N) is 2. The van der Waals surface area contributed by atoms with E-state index in [9.17, 15) is 4.79 Å². The summed E-state index contributed by atoms with van der Waals surface area (Å²) in [5.41, 5.74) is 10.5. The highest BCUT2D eigenvalue weighted by Crippen LogP contribution is 2.07. The maximum atomic E-state index is 10.9. The summed E-state index contributed by atoms with van der Waals surface area (Å²) >= 11 is 0. The predicted octanol–water partition coefficient (Wildman–Crippen LogP) is -0.0746. The van der Waals surface area contributed by atoms with Gasteiger partial charge in [0.05, 0.1) is 0 Å². The van der Waals surface area contributed by atoms with E-state index in [4.69, 9.17) is 11.5 Å². The van der Waals surface area contributed by atoms with Crippen LogP contribution in [0.15, 0.2) is 24.4 Å². The van der Waals surface area contributed by atoms with Gasteiger partial charge in [0.2, 0.25) is 0 Å². The third-order valence-corrected chi connectivity index (χ3v) is 1.54. The zero-order chi connectivity index (χ0) is 9.68. The van der Waals surface area contributed by atoms with E-state index in [0.29, 0.717) is 18.9 Å².